The summed E-state index contributed by atoms with van der Waals surface area (Å²) in [6.45, 7) is -0.290. The Morgan fingerprint density at radius 3 is 2.69 bits per heavy atom. The third kappa shape index (κ3) is 4.69. The maximum absolute atomic E-state index is 13.4. The van der Waals surface area contributed by atoms with Gasteiger partial charge in [-0.25, -0.2) is 15.0 Å². The smallest absolute Gasteiger partial charge is 0.281 e. The minimum absolute atomic E-state index is 0.210. The topological polar surface area (TPSA) is 86.1 Å². The van der Waals surface area contributed by atoms with Crippen LogP contribution < -0.4 is 14.2 Å². The largest absolute Gasteiger partial charge is 0.493 e. The van der Waals surface area contributed by atoms with Crippen molar-refractivity contribution >= 4 is 57.1 Å². The quantitative estimate of drug-likeness (QED) is 0.294. The molecule has 11 heteroatoms. The van der Waals surface area contributed by atoms with Crippen molar-refractivity contribution in [3.63, 3.8) is 0 Å². The number of carbonyl (C=O) groups excluding carboxylic acids is 1. The predicted molar refractivity (Wildman–Crippen MR) is 140 cm³/mol. The molecule has 0 fully saturated rings. The lowest BCUT2D eigenvalue weighted by atomic mass is 10.0. The Kier molecular flexibility index (Phi) is 6.95. The molecule has 0 radical (unpaired) electrons. The minimum Gasteiger partial charge on any atom is -0.493 e. The van der Waals surface area contributed by atoms with Crippen molar-refractivity contribution in [2.75, 3.05) is 20.8 Å². The number of nitrogens with zero attached hydrogens (tertiary/aromatic N) is 4. The van der Waals surface area contributed by atoms with Crippen LogP contribution in [0.3, 0.4) is 0 Å². The monoisotopic (exact) mass is 542 g/mol. The van der Waals surface area contributed by atoms with E-state index in [9.17, 15) is 4.79 Å². The third-order valence-corrected chi connectivity index (χ3v) is 7.14. The van der Waals surface area contributed by atoms with Crippen LogP contribution in [0.1, 0.15) is 22.9 Å². The number of ether oxygens (including phenoxy) is 3. The van der Waals surface area contributed by atoms with E-state index in [2.05, 4.69) is 15.1 Å². The van der Waals surface area contributed by atoms with Gasteiger partial charge in [-0.3, -0.25) is 4.79 Å². The zero-order valence-corrected chi connectivity index (χ0v) is 21.6. The maximum atomic E-state index is 13.4. The molecule has 3 heterocycles. The van der Waals surface area contributed by atoms with Crippen LogP contribution in [0, 0.1) is 0 Å². The van der Waals surface area contributed by atoms with E-state index >= 15 is 0 Å². The summed E-state index contributed by atoms with van der Waals surface area (Å²) < 4.78 is 16.7. The van der Waals surface area contributed by atoms with Crippen molar-refractivity contribution < 1.29 is 19.0 Å². The highest BCUT2D eigenvalue weighted by Crippen LogP contribution is 2.38. The van der Waals surface area contributed by atoms with Crippen molar-refractivity contribution in [1.82, 2.24) is 15.0 Å². The van der Waals surface area contributed by atoms with Gasteiger partial charge in [0.25, 0.3) is 5.91 Å². The molecule has 36 heavy (non-hydrogen) atoms. The first-order valence-electron chi connectivity index (χ1n) is 10.9. The van der Waals surface area contributed by atoms with Crippen LogP contribution in [0.15, 0.2) is 59.3 Å². The SMILES string of the molecule is COc1ccc([C@@H]2CC(c3cccs3)=NN2C(=O)COc2ncnc3c(Cl)cc(Cl)cc23)cc1OC. The number of thiophene rings is 1. The highest BCUT2D eigenvalue weighted by atomic mass is 35.5. The molecule has 0 saturated carbocycles. The van der Waals surface area contributed by atoms with Gasteiger partial charge < -0.3 is 14.2 Å². The Labute approximate surface area is 221 Å². The van der Waals surface area contributed by atoms with E-state index in [-0.39, 0.29) is 24.4 Å². The lowest BCUT2D eigenvalue weighted by Gasteiger charge is -2.23. The summed E-state index contributed by atoms with van der Waals surface area (Å²) in [6.07, 6.45) is 1.88. The summed E-state index contributed by atoms with van der Waals surface area (Å²) >= 11 is 14.0. The number of hydrogen-bond acceptors (Lipinski definition) is 8. The Bertz CT molecular complexity index is 1460. The van der Waals surface area contributed by atoms with Crippen LogP contribution in [0.2, 0.25) is 10.0 Å². The molecule has 8 nitrogen and oxygen atoms in total. The van der Waals surface area contributed by atoms with E-state index in [1.165, 1.54) is 11.3 Å². The van der Waals surface area contributed by atoms with Crippen LogP contribution in [-0.4, -0.2) is 47.4 Å². The number of carbonyl (C=O) groups is 1. The molecule has 184 valence electrons. The molecule has 0 saturated heterocycles. The van der Waals surface area contributed by atoms with E-state index in [0.717, 1.165) is 16.2 Å². The standard InChI is InChI=1S/C25H20Cl2N4O4S/c1-33-20-6-5-14(8-21(20)34-2)19-11-18(22-4-3-7-36-22)30-31(19)23(32)12-35-25-16-9-15(26)10-17(27)24(16)28-13-29-25/h3-10,13,19H,11-12H2,1-2H3/t19-/m0/s1. The molecule has 2 aromatic carbocycles. The summed E-state index contributed by atoms with van der Waals surface area (Å²) in [4.78, 5) is 22.8. The molecule has 0 aliphatic carbocycles. The Hall–Kier alpha value is -3.40. The van der Waals surface area contributed by atoms with Gasteiger partial charge in [0, 0.05) is 11.4 Å². The highest BCUT2D eigenvalue weighted by molar-refractivity contribution is 7.12. The van der Waals surface area contributed by atoms with Crippen molar-refractivity contribution in [2.45, 2.75) is 12.5 Å². The van der Waals surface area contributed by atoms with Crippen molar-refractivity contribution in [3.05, 3.63) is 74.7 Å². The van der Waals surface area contributed by atoms with Gasteiger partial charge in [-0.2, -0.15) is 5.10 Å². The third-order valence-electron chi connectivity index (χ3n) is 5.72. The molecule has 0 unspecified atom stereocenters. The second-order valence-corrected chi connectivity index (χ2v) is 9.64. The molecule has 0 bridgehead atoms. The molecular formula is C25H20Cl2N4O4S. The number of rotatable bonds is 7. The summed E-state index contributed by atoms with van der Waals surface area (Å²) in [5, 5.41) is 9.41. The van der Waals surface area contributed by atoms with Crippen LogP contribution in [0.25, 0.3) is 10.9 Å². The Morgan fingerprint density at radius 1 is 1.11 bits per heavy atom. The Balaban J connectivity index is 1.44. The Morgan fingerprint density at radius 2 is 1.94 bits per heavy atom. The van der Waals surface area contributed by atoms with E-state index < -0.39 is 0 Å². The number of hydrazone groups is 1. The molecule has 0 spiro atoms. The maximum Gasteiger partial charge on any atom is 0.281 e. The van der Waals surface area contributed by atoms with Crippen LogP contribution >= 0.6 is 34.5 Å². The van der Waals surface area contributed by atoms with Gasteiger partial charge in [-0.15, -0.1) is 11.3 Å². The van der Waals surface area contributed by atoms with E-state index in [4.69, 9.17) is 37.4 Å². The zero-order chi connectivity index (χ0) is 25.2. The van der Waals surface area contributed by atoms with Gasteiger partial charge in [0.05, 0.1) is 46.8 Å². The number of halogens is 2. The predicted octanol–water partition coefficient (Wildman–Crippen LogP) is 5.77. The van der Waals surface area contributed by atoms with Gasteiger partial charge in [0.1, 0.15) is 6.33 Å². The van der Waals surface area contributed by atoms with Crippen LogP contribution in [0.4, 0.5) is 0 Å². The zero-order valence-electron chi connectivity index (χ0n) is 19.3. The molecule has 1 amide bonds. The molecular weight excluding hydrogens is 523 g/mol. The average molecular weight is 543 g/mol. The number of fused-ring (bicyclic) bond motifs is 1. The first kappa shape index (κ1) is 24.3. The number of aromatic nitrogens is 2. The summed E-state index contributed by atoms with van der Waals surface area (Å²) in [5.74, 6) is 1.06. The fourth-order valence-corrected chi connectivity index (χ4v) is 5.29. The lowest BCUT2D eigenvalue weighted by Crippen LogP contribution is -2.31. The van der Waals surface area contributed by atoms with Crippen molar-refractivity contribution in [2.24, 2.45) is 5.10 Å². The average Bonchev–Trinajstić information content (AvgIpc) is 3.57. The fourth-order valence-electron chi connectivity index (χ4n) is 4.03. The first-order valence-corrected chi connectivity index (χ1v) is 12.5. The molecule has 1 atom stereocenters. The normalized spacial score (nSPS) is 15.2. The number of amides is 1. The molecule has 1 aliphatic heterocycles. The minimum atomic E-state index is -0.343. The molecule has 5 rings (SSSR count). The van der Waals surface area contributed by atoms with Crippen LogP contribution in [0.5, 0.6) is 17.4 Å². The van der Waals surface area contributed by atoms with Gasteiger partial charge in [0.2, 0.25) is 5.88 Å². The van der Waals surface area contributed by atoms with Gasteiger partial charge >= 0.3 is 0 Å². The fraction of sp³-hybridized carbons (Fsp3) is 0.200. The first-order chi connectivity index (χ1) is 17.5. The van der Waals surface area contributed by atoms with E-state index in [1.807, 2.05) is 35.7 Å². The van der Waals surface area contributed by atoms with Crippen molar-refractivity contribution in [3.8, 4) is 17.4 Å². The lowest BCUT2D eigenvalue weighted by molar-refractivity contribution is -0.135. The molecule has 2 aromatic heterocycles. The van der Waals surface area contributed by atoms with E-state index in [0.29, 0.717) is 38.9 Å². The molecule has 0 N–H and O–H groups in total. The summed E-state index contributed by atoms with van der Waals surface area (Å²) in [7, 11) is 3.15. The van der Waals surface area contributed by atoms with Gasteiger partial charge in [-0.05, 0) is 41.3 Å². The van der Waals surface area contributed by atoms with Crippen molar-refractivity contribution in [1.29, 1.82) is 0 Å². The number of benzene rings is 2. The second kappa shape index (κ2) is 10.3. The van der Waals surface area contributed by atoms with Crippen LogP contribution in [-0.2, 0) is 4.79 Å². The second-order valence-electron chi connectivity index (χ2n) is 7.85. The molecule has 4 aromatic rings. The van der Waals surface area contributed by atoms with E-state index in [1.54, 1.807) is 37.7 Å². The number of methoxy groups -OCH3 is 2. The molecule has 1 aliphatic rings. The number of hydrogen-bond donors (Lipinski definition) is 0. The summed E-state index contributed by atoms with van der Waals surface area (Å²) in [5.41, 5.74) is 2.17. The summed E-state index contributed by atoms with van der Waals surface area (Å²) in [6, 6.07) is 12.4. The van der Waals surface area contributed by atoms with Gasteiger partial charge in [0.15, 0.2) is 18.1 Å². The van der Waals surface area contributed by atoms with Gasteiger partial charge in [-0.1, -0.05) is 35.3 Å². The highest BCUT2D eigenvalue weighted by Gasteiger charge is 2.34.